The number of nitrogens with zero attached hydrogens (tertiary/aromatic N) is 5. The Bertz CT molecular complexity index is 701. The minimum Gasteiger partial charge on any atom is -0.368 e. The summed E-state index contributed by atoms with van der Waals surface area (Å²) in [6, 6.07) is 5.85. The van der Waals surface area contributed by atoms with Crippen LogP contribution in [0.15, 0.2) is 30.6 Å². The number of aryl methyl sites for hydroxylation is 2. The van der Waals surface area contributed by atoms with Crippen LogP contribution < -0.4 is 10.6 Å². The summed E-state index contributed by atoms with van der Waals surface area (Å²) in [4.78, 5) is 29.2. The molecular formula is C18H24N6O. The van der Waals surface area contributed by atoms with Crippen molar-refractivity contribution in [1.82, 2.24) is 19.9 Å². The van der Waals surface area contributed by atoms with Gasteiger partial charge in [0.25, 0.3) is 0 Å². The third kappa shape index (κ3) is 4.65. The first kappa shape index (κ1) is 17.1. The molecule has 2 aromatic heterocycles. The second-order valence-electron chi connectivity index (χ2n) is 6.31. The molecule has 0 aliphatic carbocycles. The molecule has 2 N–H and O–H groups in total. The molecule has 0 spiro atoms. The molecule has 3 heterocycles. The number of carbonyl (C=O) groups is 1. The van der Waals surface area contributed by atoms with E-state index in [4.69, 9.17) is 5.73 Å². The zero-order valence-electron chi connectivity index (χ0n) is 14.6. The van der Waals surface area contributed by atoms with Crippen molar-refractivity contribution in [2.75, 3.05) is 36.8 Å². The Morgan fingerprint density at radius 2 is 2.12 bits per heavy atom. The summed E-state index contributed by atoms with van der Waals surface area (Å²) in [7, 11) is 0. The van der Waals surface area contributed by atoms with Crippen LogP contribution in [0.5, 0.6) is 0 Å². The summed E-state index contributed by atoms with van der Waals surface area (Å²) in [5.41, 5.74) is 7.71. The summed E-state index contributed by atoms with van der Waals surface area (Å²) in [6.07, 6.45) is 5.73. The molecule has 0 aromatic carbocycles. The summed E-state index contributed by atoms with van der Waals surface area (Å²) in [5, 5.41) is 0. The van der Waals surface area contributed by atoms with Crippen LogP contribution in [-0.4, -0.2) is 51.9 Å². The van der Waals surface area contributed by atoms with Gasteiger partial charge in [0.05, 0.1) is 0 Å². The maximum atomic E-state index is 12.5. The van der Waals surface area contributed by atoms with Crippen LogP contribution in [0.1, 0.15) is 24.1 Å². The van der Waals surface area contributed by atoms with Crippen molar-refractivity contribution < 1.29 is 4.79 Å². The van der Waals surface area contributed by atoms with Crippen LogP contribution in [-0.2, 0) is 11.2 Å². The highest BCUT2D eigenvalue weighted by atomic mass is 16.2. The fourth-order valence-electron chi connectivity index (χ4n) is 3.09. The van der Waals surface area contributed by atoms with E-state index in [1.807, 2.05) is 36.2 Å². The number of hydrogen-bond donors (Lipinski definition) is 1. The number of carbonyl (C=O) groups excluding carboxylic acids is 1. The number of rotatable bonds is 4. The van der Waals surface area contributed by atoms with Gasteiger partial charge in [-0.05, 0) is 31.4 Å². The molecular weight excluding hydrogens is 316 g/mol. The molecule has 7 heteroatoms. The Balaban J connectivity index is 1.56. The Hall–Kier alpha value is -2.70. The van der Waals surface area contributed by atoms with Gasteiger partial charge in [0.2, 0.25) is 11.9 Å². The van der Waals surface area contributed by atoms with E-state index in [1.54, 1.807) is 6.20 Å². The average molecular weight is 340 g/mol. The van der Waals surface area contributed by atoms with E-state index in [0.717, 1.165) is 49.6 Å². The number of hydrogen-bond acceptors (Lipinski definition) is 6. The molecule has 0 saturated carbocycles. The molecule has 2 aromatic rings. The van der Waals surface area contributed by atoms with E-state index in [0.29, 0.717) is 18.9 Å². The first-order chi connectivity index (χ1) is 12.1. The fourth-order valence-corrected chi connectivity index (χ4v) is 3.09. The minimum absolute atomic E-state index is 0.198. The van der Waals surface area contributed by atoms with Gasteiger partial charge in [-0.15, -0.1) is 0 Å². The molecule has 1 aliphatic heterocycles. The largest absolute Gasteiger partial charge is 0.368 e. The Morgan fingerprint density at radius 1 is 1.24 bits per heavy atom. The molecule has 0 unspecified atom stereocenters. The highest BCUT2D eigenvalue weighted by Crippen LogP contribution is 2.16. The van der Waals surface area contributed by atoms with E-state index < -0.39 is 0 Å². The van der Waals surface area contributed by atoms with Gasteiger partial charge in [0.1, 0.15) is 5.82 Å². The summed E-state index contributed by atoms with van der Waals surface area (Å²) < 4.78 is 0. The van der Waals surface area contributed by atoms with E-state index >= 15 is 0 Å². The lowest BCUT2D eigenvalue weighted by atomic mass is 10.1. The third-order valence-electron chi connectivity index (χ3n) is 4.38. The molecule has 7 nitrogen and oxygen atoms in total. The average Bonchev–Trinajstić information content (AvgIpc) is 2.86. The Labute approximate surface area is 147 Å². The minimum atomic E-state index is 0.198. The van der Waals surface area contributed by atoms with Crippen molar-refractivity contribution in [3.63, 3.8) is 0 Å². The number of aromatic nitrogens is 3. The molecule has 25 heavy (non-hydrogen) atoms. The topological polar surface area (TPSA) is 88.2 Å². The molecule has 132 valence electrons. The second-order valence-corrected chi connectivity index (χ2v) is 6.31. The molecule has 1 amide bonds. The molecule has 1 fully saturated rings. The number of amides is 1. The van der Waals surface area contributed by atoms with Crippen molar-refractivity contribution in [1.29, 1.82) is 0 Å². The highest BCUT2D eigenvalue weighted by Gasteiger charge is 2.20. The molecule has 0 atom stereocenters. The molecule has 0 bridgehead atoms. The maximum Gasteiger partial charge on any atom is 0.222 e. The van der Waals surface area contributed by atoms with Crippen LogP contribution in [0.4, 0.5) is 11.8 Å². The van der Waals surface area contributed by atoms with Crippen LogP contribution in [0, 0.1) is 6.92 Å². The predicted octanol–water partition coefficient (Wildman–Crippen LogP) is 1.43. The van der Waals surface area contributed by atoms with Crippen molar-refractivity contribution in [3.8, 4) is 0 Å². The lowest BCUT2D eigenvalue weighted by Crippen LogP contribution is -2.35. The quantitative estimate of drug-likeness (QED) is 0.906. The predicted molar refractivity (Wildman–Crippen MR) is 97.1 cm³/mol. The second kappa shape index (κ2) is 7.92. The highest BCUT2D eigenvalue weighted by molar-refractivity contribution is 5.76. The van der Waals surface area contributed by atoms with Gasteiger partial charge >= 0.3 is 0 Å². The summed E-state index contributed by atoms with van der Waals surface area (Å²) in [6.45, 7) is 5.02. The lowest BCUT2D eigenvalue weighted by molar-refractivity contribution is -0.130. The van der Waals surface area contributed by atoms with Crippen molar-refractivity contribution >= 4 is 17.7 Å². The van der Waals surface area contributed by atoms with Gasteiger partial charge in [0.15, 0.2) is 0 Å². The lowest BCUT2D eigenvalue weighted by Gasteiger charge is -2.23. The van der Waals surface area contributed by atoms with Gasteiger partial charge in [-0.2, -0.15) is 4.98 Å². The zero-order valence-corrected chi connectivity index (χ0v) is 14.6. The molecule has 0 radical (unpaired) electrons. The normalized spacial score (nSPS) is 15.1. The van der Waals surface area contributed by atoms with E-state index in [1.165, 1.54) is 0 Å². The Morgan fingerprint density at radius 3 is 2.88 bits per heavy atom. The van der Waals surface area contributed by atoms with E-state index in [-0.39, 0.29) is 5.91 Å². The van der Waals surface area contributed by atoms with Crippen molar-refractivity contribution in [2.24, 2.45) is 0 Å². The van der Waals surface area contributed by atoms with Crippen LogP contribution >= 0.6 is 0 Å². The van der Waals surface area contributed by atoms with Crippen LogP contribution in [0.3, 0.4) is 0 Å². The number of pyridine rings is 1. The van der Waals surface area contributed by atoms with Crippen LogP contribution in [0.25, 0.3) is 0 Å². The maximum absolute atomic E-state index is 12.5. The number of anilines is 2. The van der Waals surface area contributed by atoms with Gasteiger partial charge in [0, 0.05) is 56.8 Å². The smallest absolute Gasteiger partial charge is 0.222 e. The van der Waals surface area contributed by atoms with Gasteiger partial charge < -0.3 is 15.5 Å². The molecule has 1 saturated heterocycles. The molecule has 1 aliphatic rings. The van der Waals surface area contributed by atoms with Crippen molar-refractivity contribution in [2.45, 2.75) is 26.2 Å². The number of nitrogens with two attached hydrogens (primary N) is 1. The summed E-state index contributed by atoms with van der Waals surface area (Å²) >= 11 is 0. The standard InChI is InChI=1S/C18H24N6O/c1-14-12-16(22-18(19)21-14)23-8-3-9-24(11-10-23)17(25)6-5-15-4-2-7-20-13-15/h2,4,7,12-13H,3,5-6,8-11H2,1H3,(H2,19,21,22). The first-order valence-electron chi connectivity index (χ1n) is 8.64. The van der Waals surface area contributed by atoms with Gasteiger partial charge in [-0.1, -0.05) is 6.07 Å². The van der Waals surface area contributed by atoms with Crippen molar-refractivity contribution in [3.05, 3.63) is 41.9 Å². The van der Waals surface area contributed by atoms with Crippen LogP contribution in [0.2, 0.25) is 0 Å². The van der Waals surface area contributed by atoms with Gasteiger partial charge in [-0.25, -0.2) is 4.98 Å². The first-order valence-corrected chi connectivity index (χ1v) is 8.64. The number of nitrogen functional groups attached to an aromatic ring is 1. The third-order valence-corrected chi connectivity index (χ3v) is 4.38. The molecule has 3 rings (SSSR count). The fraction of sp³-hybridized carbons (Fsp3) is 0.444. The SMILES string of the molecule is Cc1cc(N2CCCN(C(=O)CCc3cccnc3)CC2)nc(N)n1. The van der Waals surface area contributed by atoms with E-state index in [9.17, 15) is 4.79 Å². The summed E-state index contributed by atoms with van der Waals surface area (Å²) in [5.74, 6) is 1.34. The zero-order chi connectivity index (χ0) is 17.6. The van der Waals surface area contributed by atoms with Gasteiger partial charge in [-0.3, -0.25) is 9.78 Å². The van der Waals surface area contributed by atoms with E-state index in [2.05, 4.69) is 19.9 Å². The Kier molecular flexibility index (Phi) is 5.42. The monoisotopic (exact) mass is 340 g/mol.